The molecule has 0 heterocycles. The summed E-state index contributed by atoms with van der Waals surface area (Å²) in [6, 6.07) is -0.312. The van der Waals surface area contributed by atoms with E-state index in [4.69, 9.17) is 40.1 Å². The minimum Gasteiger partial charge on any atom is -0.399 e. The van der Waals surface area contributed by atoms with Crippen LogP contribution in [0.4, 0.5) is 0 Å². The summed E-state index contributed by atoms with van der Waals surface area (Å²) >= 11 is 0. The van der Waals surface area contributed by atoms with Gasteiger partial charge in [0.2, 0.25) is 0 Å². The normalized spacial score (nSPS) is 36.2. The van der Waals surface area contributed by atoms with Crippen molar-refractivity contribution in [1.82, 2.24) is 0 Å². The molecule has 7 heteroatoms. The van der Waals surface area contributed by atoms with Crippen LogP contribution in [0, 0.1) is 5.92 Å². The second kappa shape index (κ2) is 3.86. The highest BCUT2D eigenvalue weighted by Gasteiger charge is 2.47. The average molecular weight is 229 g/mol. The lowest BCUT2D eigenvalue weighted by Crippen LogP contribution is -2.68. The van der Waals surface area contributed by atoms with E-state index in [2.05, 4.69) is 0 Å². The minimum atomic E-state index is -1.17. The van der Waals surface area contributed by atoms with Crippen molar-refractivity contribution < 1.29 is 0 Å². The number of rotatable bonds is 2. The van der Waals surface area contributed by atoms with E-state index in [-0.39, 0.29) is 17.7 Å². The average Bonchev–Trinajstić information content (AvgIpc) is 2.20. The van der Waals surface area contributed by atoms with Gasteiger partial charge in [0.05, 0.1) is 16.9 Å². The van der Waals surface area contributed by atoms with Gasteiger partial charge in [-0.15, -0.1) is 0 Å². The predicted molar refractivity (Wildman–Crippen MR) is 64.2 cm³/mol. The van der Waals surface area contributed by atoms with Crippen LogP contribution in [-0.4, -0.2) is 23.8 Å². The van der Waals surface area contributed by atoms with Crippen LogP contribution < -0.4 is 40.1 Å². The fraction of sp³-hybridized carbons (Fsp3) is 0.778. The molecule has 1 rings (SSSR count). The first kappa shape index (κ1) is 13.2. The topological polar surface area (TPSA) is 182 Å². The Bertz CT molecular complexity index is 307. The number of hydrogen-bond donors (Lipinski definition) is 7. The summed E-state index contributed by atoms with van der Waals surface area (Å²) in [4.78, 5) is 0. The van der Waals surface area contributed by atoms with Gasteiger partial charge in [0.1, 0.15) is 5.66 Å². The van der Waals surface area contributed by atoms with Gasteiger partial charge < -0.3 is 40.1 Å². The Morgan fingerprint density at radius 3 is 2.19 bits per heavy atom. The molecule has 3 atom stereocenters. The van der Waals surface area contributed by atoms with Gasteiger partial charge in [0.25, 0.3) is 0 Å². The van der Waals surface area contributed by atoms with E-state index >= 15 is 0 Å². The summed E-state index contributed by atoms with van der Waals surface area (Å²) < 4.78 is 0. The molecule has 0 amide bonds. The lowest BCUT2D eigenvalue weighted by atomic mass is 9.68. The Labute approximate surface area is 95.3 Å². The Hall–Kier alpha value is -0.860. The molecule has 0 spiro atoms. The van der Waals surface area contributed by atoms with Crippen LogP contribution in [0.3, 0.4) is 0 Å². The van der Waals surface area contributed by atoms with E-state index in [1.54, 1.807) is 6.92 Å². The number of hydrogen-bond acceptors (Lipinski definition) is 7. The molecular weight excluding hydrogens is 206 g/mol. The zero-order chi connectivity index (χ0) is 12.7. The quantitative estimate of drug-likeness (QED) is 0.242. The Morgan fingerprint density at radius 2 is 1.75 bits per heavy atom. The molecule has 0 aromatic rings. The van der Waals surface area contributed by atoms with Crippen LogP contribution in [0.1, 0.15) is 13.3 Å². The molecule has 94 valence electrons. The van der Waals surface area contributed by atoms with Gasteiger partial charge in [-0.25, -0.2) is 0 Å². The molecule has 0 aromatic heterocycles. The zero-order valence-corrected chi connectivity index (χ0v) is 9.61. The first-order valence-corrected chi connectivity index (χ1v) is 5.23. The number of nitrogens with two attached hydrogens (primary N) is 7. The van der Waals surface area contributed by atoms with Crippen LogP contribution in [0.25, 0.3) is 0 Å². The molecule has 0 bridgehead atoms. The van der Waals surface area contributed by atoms with E-state index in [0.717, 1.165) is 0 Å². The van der Waals surface area contributed by atoms with E-state index in [9.17, 15) is 0 Å². The highest BCUT2D eigenvalue weighted by atomic mass is 15.1. The lowest BCUT2D eigenvalue weighted by molar-refractivity contribution is 0.201. The Balaban J connectivity index is 3.19. The SMILES string of the molecule is CC1(N)C(N)=C(N)C(N)(N)CC1C(N)CN. The summed E-state index contributed by atoms with van der Waals surface area (Å²) in [6.45, 7) is 2.06. The molecule has 7 nitrogen and oxygen atoms in total. The van der Waals surface area contributed by atoms with Crippen LogP contribution >= 0.6 is 0 Å². The van der Waals surface area contributed by atoms with Gasteiger partial charge in [-0.05, 0) is 13.3 Å². The molecule has 14 N–H and O–H groups in total. The highest BCUT2D eigenvalue weighted by Crippen LogP contribution is 2.35. The summed E-state index contributed by atoms with van der Waals surface area (Å²) in [5.74, 6) is -0.195. The second-order valence-corrected chi connectivity index (χ2v) is 4.86. The summed E-state index contributed by atoms with van der Waals surface area (Å²) in [5, 5.41) is 0. The van der Waals surface area contributed by atoms with Crippen molar-refractivity contribution in [3.63, 3.8) is 0 Å². The van der Waals surface area contributed by atoms with Crippen molar-refractivity contribution in [1.29, 1.82) is 0 Å². The molecule has 0 saturated heterocycles. The molecule has 1 aliphatic carbocycles. The third-order valence-electron chi connectivity index (χ3n) is 3.49. The Morgan fingerprint density at radius 1 is 1.25 bits per heavy atom. The fourth-order valence-electron chi connectivity index (χ4n) is 2.19. The molecule has 0 aromatic carbocycles. The summed E-state index contributed by atoms with van der Waals surface area (Å²) in [7, 11) is 0. The van der Waals surface area contributed by atoms with Crippen LogP contribution in [0.15, 0.2) is 11.4 Å². The minimum absolute atomic E-state index is 0.195. The summed E-state index contributed by atoms with van der Waals surface area (Å²) in [6.07, 6.45) is 0.366. The van der Waals surface area contributed by atoms with Crippen molar-refractivity contribution in [2.45, 2.75) is 30.6 Å². The van der Waals surface area contributed by atoms with Crippen LogP contribution in [0.5, 0.6) is 0 Å². The monoisotopic (exact) mass is 229 g/mol. The maximum Gasteiger partial charge on any atom is 0.107 e. The van der Waals surface area contributed by atoms with E-state index < -0.39 is 11.2 Å². The molecule has 0 fully saturated rings. The van der Waals surface area contributed by atoms with E-state index in [1.165, 1.54) is 0 Å². The fourth-order valence-corrected chi connectivity index (χ4v) is 2.19. The molecule has 1 aliphatic rings. The maximum absolute atomic E-state index is 6.14. The van der Waals surface area contributed by atoms with E-state index in [0.29, 0.717) is 18.7 Å². The summed E-state index contributed by atoms with van der Waals surface area (Å²) in [5.41, 5.74) is 39.6. The molecule has 16 heavy (non-hydrogen) atoms. The maximum atomic E-state index is 6.14. The second-order valence-electron chi connectivity index (χ2n) is 4.86. The largest absolute Gasteiger partial charge is 0.399 e. The van der Waals surface area contributed by atoms with Crippen molar-refractivity contribution in [3.05, 3.63) is 11.4 Å². The highest BCUT2D eigenvalue weighted by molar-refractivity contribution is 5.33. The van der Waals surface area contributed by atoms with Crippen LogP contribution in [-0.2, 0) is 0 Å². The van der Waals surface area contributed by atoms with Gasteiger partial charge in [0.15, 0.2) is 0 Å². The first-order valence-electron chi connectivity index (χ1n) is 5.23. The zero-order valence-electron chi connectivity index (χ0n) is 9.61. The predicted octanol–water partition coefficient (Wildman–Crippen LogP) is -3.25. The van der Waals surface area contributed by atoms with Crippen LogP contribution in [0.2, 0.25) is 0 Å². The molecular formula is C9H23N7. The van der Waals surface area contributed by atoms with Gasteiger partial charge >= 0.3 is 0 Å². The Kier molecular flexibility index (Phi) is 3.19. The molecule has 0 aliphatic heterocycles. The van der Waals surface area contributed by atoms with E-state index in [1.807, 2.05) is 0 Å². The van der Waals surface area contributed by atoms with Gasteiger partial charge in [0, 0.05) is 18.5 Å². The van der Waals surface area contributed by atoms with Gasteiger partial charge in [-0.3, -0.25) is 0 Å². The molecule has 3 unspecified atom stereocenters. The smallest absolute Gasteiger partial charge is 0.107 e. The lowest BCUT2D eigenvalue weighted by Gasteiger charge is -2.47. The third kappa shape index (κ3) is 1.87. The first-order chi connectivity index (χ1) is 7.14. The van der Waals surface area contributed by atoms with Gasteiger partial charge in [-0.1, -0.05) is 0 Å². The van der Waals surface area contributed by atoms with Gasteiger partial charge in [-0.2, -0.15) is 0 Å². The van der Waals surface area contributed by atoms with Crippen molar-refractivity contribution in [3.8, 4) is 0 Å². The standard InChI is InChI=1S/C9H23N7/c1-8(14)4(5(11)3-10)2-9(15,16)7(13)6(8)12/h4-5H,2-3,10-16H2,1H3. The third-order valence-corrected chi connectivity index (χ3v) is 3.49. The molecule has 0 radical (unpaired) electrons. The van der Waals surface area contributed by atoms with Crippen molar-refractivity contribution in [2.24, 2.45) is 46.1 Å². The molecule has 0 saturated carbocycles. The van der Waals surface area contributed by atoms with Crippen molar-refractivity contribution >= 4 is 0 Å². The van der Waals surface area contributed by atoms with Crippen molar-refractivity contribution in [2.75, 3.05) is 6.54 Å².